The lowest BCUT2D eigenvalue weighted by atomic mass is 10.1. The summed E-state index contributed by atoms with van der Waals surface area (Å²) in [5.41, 5.74) is 8.65. The summed E-state index contributed by atoms with van der Waals surface area (Å²) in [6.45, 7) is 0.232. The molecule has 0 atom stereocenters. The second kappa shape index (κ2) is 5.16. The number of rotatable bonds is 4. The van der Waals surface area contributed by atoms with E-state index in [4.69, 9.17) is 5.73 Å². The third-order valence-corrected chi connectivity index (χ3v) is 5.18. The maximum Gasteiger partial charge on any atom is 0.263 e. The van der Waals surface area contributed by atoms with Gasteiger partial charge in [0.1, 0.15) is 5.82 Å². The first kappa shape index (κ1) is 14.1. The van der Waals surface area contributed by atoms with Crippen LogP contribution in [0.3, 0.4) is 0 Å². The van der Waals surface area contributed by atoms with E-state index in [-0.39, 0.29) is 11.4 Å². The smallest absolute Gasteiger partial charge is 0.263 e. The highest BCUT2D eigenvalue weighted by atomic mass is 32.2. The highest BCUT2D eigenvalue weighted by Crippen LogP contribution is 2.26. The Morgan fingerprint density at radius 2 is 2.10 bits per heavy atom. The summed E-state index contributed by atoms with van der Waals surface area (Å²) in [5.74, 6) is 0.415. The van der Waals surface area contributed by atoms with Crippen LogP contribution in [0.25, 0.3) is 0 Å². The highest BCUT2D eigenvalue weighted by molar-refractivity contribution is 7.92. The molecule has 1 heterocycles. The van der Waals surface area contributed by atoms with Crippen molar-refractivity contribution in [3.05, 3.63) is 41.1 Å². The third-order valence-electron chi connectivity index (χ3n) is 3.85. The minimum Gasteiger partial charge on any atom is -0.326 e. The average Bonchev–Trinajstić information content (AvgIpc) is 3.05. The van der Waals surface area contributed by atoms with E-state index in [1.54, 1.807) is 25.4 Å². The minimum absolute atomic E-state index is 0.232. The Morgan fingerprint density at radius 3 is 2.86 bits per heavy atom. The van der Waals surface area contributed by atoms with Gasteiger partial charge in [-0.1, -0.05) is 6.07 Å². The quantitative estimate of drug-likeness (QED) is 0.887. The van der Waals surface area contributed by atoms with Gasteiger partial charge in [-0.05, 0) is 42.5 Å². The molecule has 3 N–H and O–H groups in total. The number of hydrogen-bond donors (Lipinski definition) is 2. The van der Waals surface area contributed by atoms with Gasteiger partial charge in [0, 0.05) is 19.2 Å². The van der Waals surface area contributed by atoms with Crippen LogP contribution >= 0.6 is 0 Å². The van der Waals surface area contributed by atoms with Gasteiger partial charge < -0.3 is 5.73 Å². The van der Waals surface area contributed by atoms with Crippen LogP contribution in [-0.2, 0) is 36.5 Å². The summed E-state index contributed by atoms with van der Waals surface area (Å²) in [7, 11) is -1.95. The number of nitrogens with two attached hydrogens (primary N) is 1. The standard InChI is InChI=1S/C14H18N4O2S/c1-18-14(12(8-15)9-16-18)17-21(19,20)13-6-5-10-3-2-4-11(10)7-13/h5-7,9,17H,2-4,8,15H2,1H3. The molecule has 0 unspecified atom stereocenters. The molecule has 6 nitrogen and oxygen atoms in total. The molecule has 1 aromatic heterocycles. The number of nitrogens with one attached hydrogen (secondary N) is 1. The summed E-state index contributed by atoms with van der Waals surface area (Å²) in [6.07, 6.45) is 4.63. The van der Waals surface area contributed by atoms with Gasteiger partial charge in [0.25, 0.3) is 10.0 Å². The highest BCUT2D eigenvalue weighted by Gasteiger charge is 2.21. The molecule has 0 amide bonds. The molecule has 0 saturated heterocycles. The van der Waals surface area contributed by atoms with Gasteiger partial charge in [-0.15, -0.1) is 0 Å². The number of sulfonamides is 1. The number of fused-ring (bicyclic) bond motifs is 1. The van der Waals surface area contributed by atoms with Gasteiger partial charge >= 0.3 is 0 Å². The number of benzene rings is 1. The van der Waals surface area contributed by atoms with Crippen LogP contribution in [0.4, 0.5) is 5.82 Å². The maximum atomic E-state index is 12.5. The van der Waals surface area contributed by atoms with Crippen molar-refractivity contribution < 1.29 is 8.42 Å². The predicted molar refractivity (Wildman–Crippen MR) is 80.4 cm³/mol. The fourth-order valence-corrected chi connectivity index (χ4v) is 3.85. The lowest BCUT2D eigenvalue weighted by Gasteiger charge is -2.11. The van der Waals surface area contributed by atoms with Crippen LogP contribution in [0.15, 0.2) is 29.3 Å². The second-order valence-corrected chi connectivity index (χ2v) is 6.92. The molecule has 0 spiro atoms. The van der Waals surface area contributed by atoms with E-state index < -0.39 is 10.0 Å². The monoisotopic (exact) mass is 306 g/mol. The number of aromatic nitrogens is 2. The first-order chi connectivity index (χ1) is 10.0. The molecule has 21 heavy (non-hydrogen) atoms. The van der Waals surface area contributed by atoms with Gasteiger partial charge in [-0.3, -0.25) is 9.40 Å². The summed E-state index contributed by atoms with van der Waals surface area (Å²) in [5, 5.41) is 4.03. The van der Waals surface area contributed by atoms with E-state index in [1.807, 2.05) is 6.07 Å². The molecule has 0 fully saturated rings. The largest absolute Gasteiger partial charge is 0.326 e. The summed E-state index contributed by atoms with van der Waals surface area (Å²) < 4.78 is 29.1. The molecule has 7 heteroatoms. The first-order valence-electron chi connectivity index (χ1n) is 6.87. The van der Waals surface area contributed by atoms with E-state index >= 15 is 0 Å². The summed E-state index contributed by atoms with van der Waals surface area (Å²) in [6, 6.07) is 5.33. The molecule has 3 rings (SSSR count). The van der Waals surface area contributed by atoms with Crippen molar-refractivity contribution in [2.45, 2.75) is 30.7 Å². The van der Waals surface area contributed by atoms with Gasteiger partial charge in [-0.25, -0.2) is 8.42 Å². The van der Waals surface area contributed by atoms with Crippen LogP contribution in [0.5, 0.6) is 0 Å². The zero-order valence-corrected chi connectivity index (χ0v) is 12.7. The Kier molecular flexibility index (Phi) is 3.46. The Balaban J connectivity index is 1.95. The zero-order valence-electron chi connectivity index (χ0n) is 11.8. The molecule has 1 aliphatic rings. The van der Waals surface area contributed by atoms with E-state index in [0.717, 1.165) is 24.8 Å². The van der Waals surface area contributed by atoms with Crippen molar-refractivity contribution in [1.29, 1.82) is 0 Å². The summed E-state index contributed by atoms with van der Waals surface area (Å²) >= 11 is 0. The molecule has 2 aromatic rings. The van der Waals surface area contributed by atoms with Crippen molar-refractivity contribution in [3.63, 3.8) is 0 Å². The number of aryl methyl sites for hydroxylation is 3. The Morgan fingerprint density at radius 1 is 1.33 bits per heavy atom. The van der Waals surface area contributed by atoms with E-state index in [0.29, 0.717) is 11.4 Å². The molecule has 0 aliphatic heterocycles. The molecular formula is C14H18N4O2S. The molecule has 1 aliphatic carbocycles. The second-order valence-electron chi connectivity index (χ2n) is 5.24. The molecule has 0 bridgehead atoms. The van der Waals surface area contributed by atoms with Crippen molar-refractivity contribution >= 4 is 15.8 Å². The Labute approximate surface area is 124 Å². The van der Waals surface area contributed by atoms with E-state index in [2.05, 4.69) is 9.82 Å². The lowest BCUT2D eigenvalue weighted by molar-refractivity contribution is 0.600. The molecular weight excluding hydrogens is 288 g/mol. The zero-order chi connectivity index (χ0) is 15.0. The topological polar surface area (TPSA) is 90.0 Å². The normalized spacial score (nSPS) is 14.2. The van der Waals surface area contributed by atoms with Gasteiger partial charge in [0.15, 0.2) is 0 Å². The van der Waals surface area contributed by atoms with Crippen LogP contribution in [0.2, 0.25) is 0 Å². The van der Waals surface area contributed by atoms with Crippen molar-refractivity contribution in [3.8, 4) is 0 Å². The van der Waals surface area contributed by atoms with Crippen LogP contribution < -0.4 is 10.5 Å². The minimum atomic E-state index is -3.63. The van der Waals surface area contributed by atoms with Crippen molar-refractivity contribution in [2.75, 3.05) is 4.72 Å². The first-order valence-corrected chi connectivity index (χ1v) is 8.35. The average molecular weight is 306 g/mol. The number of anilines is 1. The van der Waals surface area contributed by atoms with Crippen molar-refractivity contribution in [2.24, 2.45) is 12.8 Å². The number of nitrogens with zero attached hydrogens (tertiary/aromatic N) is 2. The lowest BCUT2D eigenvalue weighted by Crippen LogP contribution is -2.17. The molecule has 0 radical (unpaired) electrons. The fraction of sp³-hybridized carbons (Fsp3) is 0.357. The Bertz CT molecular complexity index is 780. The third kappa shape index (κ3) is 2.54. The van der Waals surface area contributed by atoms with Crippen LogP contribution in [0.1, 0.15) is 23.1 Å². The van der Waals surface area contributed by atoms with Gasteiger partial charge in [0.05, 0.1) is 11.1 Å². The molecule has 0 saturated carbocycles. The van der Waals surface area contributed by atoms with Crippen LogP contribution in [0, 0.1) is 0 Å². The molecule has 112 valence electrons. The van der Waals surface area contributed by atoms with Crippen LogP contribution in [-0.4, -0.2) is 18.2 Å². The molecule has 1 aromatic carbocycles. The predicted octanol–water partition coefficient (Wildman–Crippen LogP) is 1.17. The van der Waals surface area contributed by atoms with Gasteiger partial charge in [0.2, 0.25) is 0 Å². The summed E-state index contributed by atoms with van der Waals surface area (Å²) in [4.78, 5) is 0.285. The van der Waals surface area contributed by atoms with E-state index in [1.165, 1.54) is 10.2 Å². The fourth-order valence-electron chi connectivity index (χ4n) is 2.67. The van der Waals surface area contributed by atoms with E-state index in [9.17, 15) is 8.42 Å². The number of hydrogen-bond acceptors (Lipinski definition) is 4. The van der Waals surface area contributed by atoms with Gasteiger partial charge in [-0.2, -0.15) is 5.10 Å². The Hall–Kier alpha value is -1.86. The van der Waals surface area contributed by atoms with Crippen molar-refractivity contribution in [1.82, 2.24) is 9.78 Å². The SMILES string of the molecule is Cn1ncc(CN)c1NS(=O)(=O)c1ccc2c(c1)CCC2. The maximum absolute atomic E-state index is 12.5.